The molecule has 3 heteroatoms. The van der Waals surface area contributed by atoms with Gasteiger partial charge >= 0.3 is 0 Å². The number of benzene rings is 1. The van der Waals surface area contributed by atoms with Gasteiger partial charge in [-0.15, -0.1) is 0 Å². The number of allylic oxidation sites excluding steroid dienone is 1. The van der Waals surface area contributed by atoms with Gasteiger partial charge in [0.05, 0.1) is 0 Å². The van der Waals surface area contributed by atoms with E-state index in [9.17, 15) is 4.79 Å². The fourth-order valence-electron chi connectivity index (χ4n) is 4.93. The Balaban J connectivity index is 1.51. The molecule has 3 nitrogen and oxygen atoms in total. The first-order valence-electron chi connectivity index (χ1n) is 9.28. The van der Waals surface area contributed by atoms with Crippen molar-refractivity contribution in [1.82, 2.24) is 10.2 Å². The van der Waals surface area contributed by atoms with Crippen LogP contribution in [0.1, 0.15) is 50.7 Å². The van der Waals surface area contributed by atoms with Gasteiger partial charge in [0.25, 0.3) is 5.91 Å². The molecule has 1 saturated heterocycles. The van der Waals surface area contributed by atoms with Gasteiger partial charge in [-0.05, 0) is 56.3 Å². The SMILES string of the molecule is CN1CCC2CC(NC(=O)C3=CC(C)(C)c4ccccc43)CC1C2. The van der Waals surface area contributed by atoms with Crippen LogP contribution in [-0.4, -0.2) is 36.5 Å². The summed E-state index contributed by atoms with van der Waals surface area (Å²) in [4.78, 5) is 15.4. The van der Waals surface area contributed by atoms with Gasteiger partial charge in [-0.25, -0.2) is 0 Å². The van der Waals surface area contributed by atoms with Crippen LogP contribution < -0.4 is 5.32 Å². The summed E-state index contributed by atoms with van der Waals surface area (Å²) in [5, 5.41) is 3.35. The first-order chi connectivity index (χ1) is 11.4. The molecular formula is C21H28N2O. The van der Waals surface area contributed by atoms with E-state index in [1.165, 1.54) is 24.9 Å². The molecule has 1 amide bonds. The van der Waals surface area contributed by atoms with Gasteiger partial charge in [-0.1, -0.05) is 44.2 Å². The summed E-state index contributed by atoms with van der Waals surface area (Å²) in [6.07, 6.45) is 6.97. The maximum Gasteiger partial charge on any atom is 0.251 e. The largest absolute Gasteiger partial charge is 0.349 e. The van der Waals surface area contributed by atoms with E-state index in [-0.39, 0.29) is 11.3 Å². The number of piperidine rings is 1. The van der Waals surface area contributed by atoms with E-state index >= 15 is 0 Å². The molecule has 3 unspecified atom stereocenters. The molecule has 4 rings (SSSR count). The summed E-state index contributed by atoms with van der Waals surface area (Å²) in [6.45, 7) is 5.58. The van der Waals surface area contributed by atoms with E-state index in [2.05, 4.69) is 55.4 Å². The van der Waals surface area contributed by atoms with Gasteiger partial charge < -0.3 is 10.2 Å². The zero-order valence-electron chi connectivity index (χ0n) is 15.0. The van der Waals surface area contributed by atoms with E-state index < -0.39 is 0 Å². The van der Waals surface area contributed by atoms with Crippen LogP contribution in [0.3, 0.4) is 0 Å². The first kappa shape index (κ1) is 15.9. The zero-order valence-corrected chi connectivity index (χ0v) is 15.0. The number of carbonyl (C=O) groups excluding carboxylic acids is 1. The first-order valence-corrected chi connectivity index (χ1v) is 9.28. The van der Waals surface area contributed by atoms with Gasteiger partial charge in [-0.2, -0.15) is 0 Å². The third-order valence-electron chi connectivity index (χ3n) is 6.29. The standard InChI is InChI=1S/C21H28N2O/c1-21(2)13-18(17-6-4-5-7-19(17)21)20(24)22-15-10-14-8-9-23(3)16(11-14)12-15/h4-7,13-16H,8-12H2,1-3H3,(H,22,24). The summed E-state index contributed by atoms with van der Waals surface area (Å²) >= 11 is 0. The van der Waals surface area contributed by atoms with Crippen LogP contribution in [0.2, 0.25) is 0 Å². The fourth-order valence-corrected chi connectivity index (χ4v) is 4.93. The Kier molecular flexibility index (Phi) is 3.80. The smallest absolute Gasteiger partial charge is 0.251 e. The summed E-state index contributed by atoms with van der Waals surface area (Å²) < 4.78 is 0. The lowest BCUT2D eigenvalue weighted by molar-refractivity contribution is -0.116. The van der Waals surface area contributed by atoms with Gasteiger partial charge in [0.15, 0.2) is 0 Å². The predicted octanol–water partition coefficient (Wildman–Crippen LogP) is 3.35. The highest BCUT2D eigenvalue weighted by Crippen LogP contribution is 2.40. The van der Waals surface area contributed by atoms with Gasteiger partial charge in [0, 0.05) is 23.1 Å². The number of nitrogens with zero attached hydrogens (tertiary/aromatic N) is 1. The fraction of sp³-hybridized carbons (Fsp3) is 0.571. The number of hydrogen-bond acceptors (Lipinski definition) is 2. The Morgan fingerprint density at radius 2 is 2.00 bits per heavy atom. The van der Waals surface area contributed by atoms with Crippen LogP contribution in [-0.2, 0) is 10.2 Å². The molecular weight excluding hydrogens is 296 g/mol. The van der Waals surface area contributed by atoms with Crippen molar-refractivity contribution in [3.63, 3.8) is 0 Å². The summed E-state index contributed by atoms with van der Waals surface area (Å²) in [5.74, 6) is 0.896. The van der Waals surface area contributed by atoms with Crippen molar-refractivity contribution < 1.29 is 4.79 Å². The van der Waals surface area contributed by atoms with E-state index in [1.54, 1.807) is 0 Å². The van der Waals surface area contributed by atoms with Crippen LogP contribution in [0, 0.1) is 5.92 Å². The molecule has 1 aromatic carbocycles. The summed E-state index contributed by atoms with van der Waals surface area (Å²) in [7, 11) is 2.23. The molecule has 1 heterocycles. The van der Waals surface area contributed by atoms with Gasteiger partial charge in [-0.3, -0.25) is 4.79 Å². The monoisotopic (exact) mass is 324 g/mol. The number of amides is 1. The third-order valence-corrected chi connectivity index (χ3v) is 6.29. The van der Waals surface area contributed by atoms with Crippen molar-refractivity contribution in [2.24, 2.45) is 5.92 Å². The molecule has 1 N–H and O–H groups in total. The maximum atomic E-state index is 13.0. The van der Waals surface area contributed by atoms with Crippen LogP contribution in [0.5, 0.6) is 0 Å². The van der Waals surface area contributed by atoms with E-state index in [1.807, 2.05) is 6.07 Å². The Morgan fingerprint density at radius 3 is 2.83 bits per heavy atom. The van der Waals surface area contributed by atoms with Crippen molar-refractivity contribution in [3.05, 3.63) is 41.5 Å². The molecule has 1 aliphatic heterocycles. The van der Waals surface area contributed by atoms with Gasteiger partial charge in [0.2, 0.25) is 0 Å². The molecule has 0 radical (unpaired) electrons. The van der Waals surface area contributed by atoms with E-state index in [0.717, 1.165) is 29.9 Å². The van der Waals surface area contributed by atoms with Crippen molar-refractivity contribution >= 4 is 11.5 Å². The normalized spacial score (nSPS) is 31.3. The Hall–Kier alpha value is -1.61. The van der Waals surface area contributed by atoms with Crippen molar-refractivity contribution in [2.75, 3.05) is 13.6 Å². The highest BCUT2D eigenvalue weighted by Gasteiger charge is 2.37. The lowest BCUT2D eigenvalue weighted by Gasteiger charge is -2.44. The number of carbonyl (C=O) groups is 1. The molecule has 3 atom stereocenters. The highest BCUT2D eigenvalue weighted by atomic mass is 16.1. The minimum absolute atomic E-state index is 0.0629. The number of likely N-dealkylation sites (tertiary alicyclic amines) is 1. The summed E-state index contributed by atoms with van der Waals surface area (Å²) in [6, 6.07) is 9.28. The molecule has 128 valence electrons. The maximum absolute atomic E-state index is 13.0. The number of rotatable bonds is 2. The second-order valence-electron chi connectivity index (χ2n) is 8.49. The second kappa shape index (κ2) is 5.73. The lowest BCUT2D eigenvalue weighted by Crippen LogP contribution is -2.51. The molecule has 1 aromatic rings. The Labute approximate surface area is 145 Å². The molecule has 0 aromatic heterocycles. The highest BCUT2D eigenvalue weighted by molar-refractivity contribution is 6.21. The molecule has 2 aliphatic carbocycles. The van der Waals surface area contributed by atoms with Crippen LogP contribution in [0.25, 0.3) is 5.57 Å². The van der Waals surface area contributed by atoms with E-state index in [0.29, 0.717) is 12.1 Å². The molecule has 3 aliphatic rings. The van der Waals surface area contributed by atoms with E-state index in [4.69, 9.17) is 0 Å². The molecule has 24 heavy (non-hydrogen) atoms. The topological polar surface area (TPSA) is 32.3 Å². The summed E-state index contributed by atoms with van der Waals surface area (Å²) in [5.41, 5.74) is 3.16. The van der Waals surface area contributed by atoms with Crippen molar-refractivity contribution in [2.45, 2.75) is 57.0 Å². The average Bonchev–Trinajstić information content (AvgIpc) is 2.83. The van der Waals surface area contributed by atoms with Gasteiger partial charge in [0.1, 0.15) is 0 Å². The number of fused-ring (bicyclic) bond motifs is 3. The quantitative estimate of drug-likeness (QED) is 0.905. The van der Waals surface area contributed by atoms with Crippen molar-refractivity contribution in [3.8, 4) is 0 Å². The third kappa shape index (κ3) is 2.69. The predicted molar refractivity (Wildman–Crippen MR) is 97.8 cm³/mol. The van der Waals surface area contributed by atoms with Crippen molar-refractivity contribution in [1.29, 1.82) is 0 Å². The van der Waals surface area contributed by atoms with Crippen LogP contribution in [0.15, 0.2) is 30.3 Å². The molecule has 1 saturated carbocycles. The minimum Gasteiger partial charge on any atom is -0.349 e. The average molecular weight is 324 g/mol. The molecule has 2 fully saturated rings. The second-order valence-corrected chi connectivity index (χ2v) is 8.49. The number of hydrogen-bond donors (Lipinski definition) is 1. The molecule has 2 bridgehead atoms. The number of nitrogens with one attached hydrogen (secondary N) is 1. The Morgan fingerprint density at radius 1 is 1.21 bits per heavy atom. The van der Waals surface area contributed by atoms with Crippen LogP contribution in [0.4, 0.5) is 0 Å². The molecule has 0 spiro atoms. The Bertz CT molecular complexity index is 691. The lowest BCUT2D eigenvalue weighted by atomic mass is 9.77. The minimum atomic E-state index is -0.0629. The zero-order chi connectivity index (χ0) is 16.9. The van der Waals surface area contributed by atoms with Crippen LogP contribution >= 0.6 is 0 Å².